The molecule has 13 heavy (non-hydrogen) atoms. The lowest BCUT2D eigenvalue weighted by molar-refractivity contribution is 0.147. The lowest BCUT2D eigenvalue weighted by Crippen LogP contribution is -1.80. The van der Waals surface area contributed by atoms with E-state index in [0.29, 0.717) is 5.52 Å². The zero-order valence-corrected chi connectivity index (χ0v) is 6.52. The summed E-state index contributed by atoms with van der Waals surface area (Å²) in [5, 5.41) is 0.206. The molecular weight excluding hydrogens is 179 g/mol. The lowest BCUT2D eigenvalue weighted by Gasteiger charge is -1.90. The second-order valence-electron chi connectivity index (χ2n) is 2.73. The molecule has 1 heterocycles. The van der Waals surface area contributed by atoms with Crippen LogP contribution in [-0.4, -0.2) is 4.98 Å². The quantitative estimate of drug-likeness (QED) is 0.701. The van der Waals surface area contributed by atoms with Crippen LogP contribution in [-0.2, 0) is 0 Å². The van der Waals surface area contributed by atoms with Gasteiger partial charge < -0.3 is 4.98 Å². The molecule has 1 aromatic carbocycles. The third-order valence-corrected chi connectivity index (χ3v) is 1.87. The molecule has 0 aliphatic carbocycles. The average Bonchev–Trinajstić information content (AvgIpc) is 2.49. The Morgan fingerprint density at radius 2 is 2.00 bits per heavy atom. The molecule has 2 rings (SSSR count). The monoisotopic (exact) mass is 185 g/mol. The van der Waals surface area contributed by atoms with Gasteiger partial charge in [-0.2, -0.15) is 0 Å². The Labute approximate surface area is 72.2 Å². The number of hydrogen-bond donors (Lipinski definition) is 1. The highest BCUT2D eigenvalue weighted by atomic mass is 19.3. The van der Waals surface area contributed by atoms with Gasteiger partial charge in [0.15, 0.2) is 0 Å². The Hall–Kier alpha value is -1.45. The summed E-state index contributed by atoms with van der Waals surface area (Å²) in [6.07, 6.45) is -2.59. The second-order valence-corrected chi connectivity index (χ2v) is 2.73. The van der Waals surface area contributed by atoms with Crippen molar-refractivity contribution in [2.75, 3.05) is 0 Å². The van der Waals surface area contributed by atoms with E-state index in [1.807, 2.05) is 0 Å². The van der Waals surface area contributed by atoms with Crippen LogP contribution in [0.3, 0.4) is 0 Å². The van der Waals surface area contributed by atoms with Crippen molar-refractivity contribution in [2.24, 2.45) is 0 Å². The molecule has 0 amide bonds. The van der Waals surface area contributed by atoms with Gasteiger partial charge in [-0.05, 0) is 18.2 Å². The molecule has 1 nitrogen and oxygen atoms in total. The third kappa shape index (κ3) is 1.28. The SMILES string of the molecule is Fc1cccc2[nH]c(C(F)F)cc12. The van der Waals surface area contributed by atoms with Gasteiger partial charge in [0.1, 0.15) is 5.82 Å². The minimum absolute atomic E-state index is 0.206. The van der Waals surface area contributed by atoms with Crippen molar-refractivity contribution >= 4 is 10.9 Å². The Morgan fingerprint density at radius 1 is 1.23 bits per heavy atom. The normalized spacial score (nSPS) is 11.4. The predicted octanol–water partition coefficient (Wildman–Crippen LogP) is 3.24. The van der Waals surface area contributed by atoms with Crippen molar-refractivity contribution in [2.45, 2.75) is 6.43 Å². The molecule has 0 radical (unpaired) electrons. The van der Waals surface area contributed by atoms with Gasteiger partial charge in [-0.25, -0.2) is 13.2 Å². The van der Waals surface area contributed by atoms with E-state index in [-0.39, 0.29) is 11.1 Å². The maximum absolute atomic E-state index is 13.0. The van der Waals surface area contributed by atoms with Crippen LogP contribution in [0.5, 0.6) is 0 Å². The zero-order chi connectivity index (χ0) is 9.42. The van der Waals surface area contributed by atoms with E-state index >= 15 is 0 Å². The number of nitrogens with one attached hydrogen (secondary N) is 1. The highest BCUT2D eigenvalue weighted by molar-refractivity contribution is 5.81. The fraction of sp³-hybridized carbons (Fsp3) is 0.111. The summed E-state index contributed by atoms with van der Waals surface area (Å²) < 4.78 is 37.4. The molecule has 4 heteroatoms. The van der Waals surface area contributed by atoms with E-state index in [1.54, 1.807) is 6.07 Å². The summed E-state index contributed by atoms with van der Waals surface area (Å²) in [4.78, 5) is 2.45. The molecule has 0 spiro atoms. The van der Waals surface area contributed by atoms with Gasteiger partial charge in [-0.15, -0.1) is 0 Å². The van der Waals surface area contributed by atoms with E-state index in [9.17, 15) is 13.2 Å². The first-order valence-corrected chi connectivity index (χ1v) is 3.74. The summed E-state index contributed by atoms with van der Waals surface area (Å²) in [6.45, 7) is 0. The van der Waals surface area contributed by atoms with Crippen LogP contribution in [0.1, 0.15) is 12.1 Å². The number of rotatable bonds is 1. The van der Waals surface area contributed by atoms with Crippen LogP contribution >= 0.6 is 0 Å². The Morgan fingerprint density at radius 3 is 2.62 bits per heavy atom. The Bertz CT molecular complexity index is 433. The van der Waals surface area contributed by atoms with Gasteiger partial charge in [-0.1, -0.05) is 6.07 Å². The largest absolute Gasteiger partial charge is 0.354 e. The molecule has 0 atom stereocenters. The van der Waals surface area contributed by atoms with Gasteiger partial charge in [0.05, 0.1) is 5.69 Å². The summed E-state index contributed by atoms with van der Waals surface area (Å²) in [7, 11) is 0. The van der Waals surface area contributed by atoms with Crippen molar-refractivity contribution in [1.82, 2.24) is 4.98 Å². The van der Waals surface area contributed by atoms with Gasteiger partial charge >= 0.3 is 0 Å². The number of benzene rings is 1. The molecule has 1 N–H and O–H groups in total. The highest BCUT2D eigenvalue weighted by Gasteiger charge is 2.11. The second kappa shape index (κ2) is 2.80. The predicted molar refractivity (Wildman–Crippen MR) is 43.2 cm³/mol. The summed E-state index contributed by atoms with van der Waals surface area (Å²) >= 11 is 0. The first kappa shape index (κ1) is 8.16. The molecule has 0 unspecified atom stereocenters. The molecular formula is C9H6F3N. The zero-order valence-electron chi connectivity index (χ0n) is 6.52. The molecule has 1 aromatic heterocycles. The maximum Gasteiger partial charge on any atom is 0.278 e. The van der Waals surface area contributed by atoms with Crippen LogP contribution in [0.2, 0.25) is 0 Å². The summed E-state index contributed by atoms with van der Waals surface area (Å²) in [5.41, 5.74) is 0.149. The number of aromatic nitrogens is 1. The number of H-pyrrole nitrogens is 1. The number of halogens is 3. The molecule has 2 aromatic rings. The summed E-state index contributed by atoms with van der Waals surface area (Å²) in [6, 6.07) is 5.41. The van der Waals surface area contributed by atoms with Crippen LogP contribution in [0.15, 0.2) is 24.3 Å². The number of hydrogen-bond acceptors (Lipinski definition) is 0. The van der Waals surface area contributed by atoms with Gasteiger partial charge in [-0.3, -0.25) is 0 Å². The molecule has 0 saturated carbocycles. The molecule has 0 fully saturated rings. The molecule has 0 bridgehead atoms. The average molecular weight is 185 g/mol. The third-order valence-electron chi connectivity index (χ3n) is 1.87. The molecule has 0 aliphatic heterocycles. The van der Waals surface area contributed by atoms with Crippen molar-refractivity contribution < 1.29 is 13.2 Å². The fourth-order valence-corrected chi connectivity index (χ4v) is 1.26. The fourth-order valence-electron chi connectivity index (χ4n) is 1.26. The van der Waals surface area contributed by atoms with Gasteiger partial charge in [0.2, 0.25) is 0 Å². The van der Waals surface area contributed by atoms with Crippen molar-refractivity contribution in [3.8, 4) is 0 Å². The van der Waals surface area contributed by atoms with E-state index in [4.69, 9.17) is 0 Å². The highest BCUT2D eigenvalue weighted by Crippen LogP contribution is 2.24. The first-order chi connectivity index (χ1) is 6.18. The summed E-state index contributed by atoms with van der Waals surface area (Å²) in [5.74, 6) is -0.486. The van der Waals surface area contributed by atoms with Crippen molar-refractivity contribution in [3.05, 3.63) is 35.8 Å². The minimum Gasteiger partial charge on any atom is -0.354 e. The van der Waals surface area contributed by atoms with E-state index in [2.05, 4.69) is 4.98 Å². The van der Waals surface area contributed by atoms with E-state index in [0.717, 1.165) is 6.07 Å². The van der Waals surface area contributed by atoms with Gasteiger partial charge in [0.25, 0.3) is 6.43 Å². The van der Waals surface area contributed by atoms with Crippen LogP contribution in [0, 0.1) is 5.82 Å². The Kier molecular flexibility index (Phi) is 1.76. The van der Waals surface area contributed by atoms with Gasteiger partial charge in [0, 0.05) is 10.9 Å². The number of fused-ring (bicyclic) bond motifs is 1. The van der Waals surface area contributed by atoms with E-state index in [1.165, 1.54) is 12.1 Å². The maximum atomic E-state index is 13.0. The smallest absolute Gasteiger partial charge is 0.278 e. The molecule has 0 aliphatic rings. The molecule has 68 valence electrons. The topological polar surface area (TPSA) is 15.8 Å². The first-order valence-electron chi connectivity index (χ1n) is 3.74. The van der Waals surface area contributed by atoms with Crippen LogP contribution in [0.4, 0.5) is 13.2 Å². The lowest BCUT2D eigenvalue weighted by atomic mass is 10.2. The van der Waals surface area contributed by atoms with Crippen LogP contribution < -0.4 is 0 Å². The Balaban J connectivity index is 2.68. The molecule has 0 saturated heterocycles. The minimum atomic E-state index is -2.59. The van der Waals surface area contributed by atoms with Crippen LogP contribution in [0.25, 0.3) is 10.9 Å². The standard InChI is InChI=1S/C9H6F3N/c10-6-2-1-3-7-5(6)4-8(13-7)9(11)12/h1-4,9,13H. The number of aromatic amines is 1. The van der Waals surface area contributed by atoms with E-state index < -0.39 is 12.2 Å². The number of alkyl halides is 2. The van der Waals surface area contributed by atoms with Crippen molar-refractivity contribution in [3.63, 3.8) is 0 Å². The van der Waals surface area contributed by atoms with Crippen molar-refractivity contribution in [1.29, 1.82) is 0 Å².